The molecule has 1 aliphatic carbocycles. The second kappa shape index (κ2) is 9.35. The van der Waals surface area contributed by atoms with Crippen molar-refractivity contribution in [1.82, 2.24) is 15.2 Å². The molecule has 2 heterocycles. The quantitative estimate of drug-likeness (QED) is 0.416. The summed E-state index contributed by atoms with van der Waals surface area (Å²) < 4.78 is 0. The van der Waals surface area contributed by atoms with Gasteiger partial charge in [0.05, 0.1) is 18.4 Å². The van der Waals surface area contributed by atoms with E-state index in [0.717, 1.165) is 19.0 Å². The maximum absolute atomic E-state index is 12.1. The lowest BCUT2D eigenvalue weighted by Crippen LogP contribution is -2.44. The second-order valence-corrected chi connectivity index (χ2v) is 6.92. The van der Waals surface area contributed by atoms with Crippen LogP contribution in [0.25, 0.3) is 0 Å². The molecule has 1 amide bonds. The zero-order valence-corrected chi connectivity index (χ0v) is 17.2. The van der Waals surface area contributed by atoms with Gasteiger partial charge >= 0.3 is 0 Å². The zero-order valence-electron chi connectivity index (χ0n) is 14.8. The summed E-state index contributed by atoms with van der Waals surface area (Å²) in [7, 11) is 1.78. The van der Waals surface area contributed by atoms with Gasteiger partial charge in [0.1, 0.15) is 0 Å². The number of halogens is 1. The van der Waals surface area contributed by atoms with Crippen LogP contribution in [-0.2, 0) is 4.79 Å². The summed E-state index contributed by atoms with van der Waals surface area (Å²) in [6.07, 6.45) is 11.3. The van der Waals surface area contributed by atoms with E-state index in [1.165, 1.54) is 38.5 Å². The highest BCUT2D eigenvalue weighted by Gasteiger charge is 2.39. The Labute approximate surface area is 166 Å². The maximum Gasteiger partial charge on any atom is 0.243 e. The van der Waals surface area contributed by atoms with Crippen molar-refractivity contribution in [2.75, 3.05) is 32.0 Å². The second-order valence-electron chi connectivity index (χ2n) is 6.92. The molecule has 6 nitrogen and oxygen atoms in total. The van der Waals surface area contributed by atoms with Crippen LogP contribution < -0.4 is 10.6 Å². The van der Waals surface area contributed by atoms with Gasteiger partial charge in [-0.25, -0.2) is 0 Å². The number of aliphatic imine (C=N–C) groups is 1. The minimum absolute atomic E-state index is 0. The first-order valence-corrected chi connectivity index (χ1v) is 8.86. The third-order valence-electron chi connectivity index (χ3n) is 5.22. The summed E-state index contributed by atoms with van der Waals surface area (Å²) in [5.41, 5.74) is 1.19. The summed E-state index contributed by atoms with van der Waals surface area (Å²) in [5.74, 6) is 0.745. The van der Waals surface area contributed by atoms with Gasteiger partial charge in [-0.15, -0.1) is 24.0 Å². The fourth-order valence-electron chi connectivity index (χ4n) is 3.96. The largest absolute Gasteiger partial charge is 0.347 e. The first kappa shape index (κ1) is 19.9. The van der Waals surface area contributed by atoms with Gasteiger partial charge in [0.25, 0.3) is 0 Å². The van der Waals surface area contributed by atoms with Gasteiger partial charge in [0, 0.05) is 26.3 Å². The molecule has 1 aliphatic heterocycles. The molecule has 2 N–H and O–H groups in total. The van der Waals surface area contributed by atoms with Crippen LogP contribution in [0.5, 0.6) is 0 Å². The van der Waals surface area contributed by atoms with E-state index in [4.69, 9.17) is 0 Å². The molecule has 1 spiro atoms. The molecule has 138 valence electrons. The van der Waals surface area contributed by atoms with Crippen molar-refractivity contribution in [3.05, 3.63) is 24.5 Å². The van der Waals surface area contributed by atoms with Crippen LogP contribution in [0, 0.1) is 5.41 Å². The number of rotatable bonds is 3. The first-order chi connectivity index (χ1) is 11.7. The highest BCUT2D eigenvalue weighted by atomic mass is 127. The topological polar surface area (TPSA) is 69.6 Å². The average Bonchev–Trinajstić information content (AvgIpc) is 3.00. The Morgan fingerprint density at radius 1 is 1.32 bits per heavy atom. The Bertz CT molecular complexity index is 586. The smallest absolute Gasteiger partial charge is 0.243 e. The highest BCUT2D eigenvalue weighted by Crippen LogP contribution is 2.43. The molecule has 0 atom stereocenters. The fraction of sp³-hybridized carbons (Fsp3) is 0.611. The molecular formula is C18H28IN5O. The summed E-state index contributed by atoms with van der Waals surface area (Å²) in [6.45, 7) is 2.31. The lowest BCUT2D eigenvalue weighted by Gasteiger charge is -2.33. The van der Waals surface area contributed by atoms with Gasteiger partial charge < -0.3 is 15.5 Å². The number of aromatic nitrogens is 1. The third-order valence-corrected chi connectivity index (χ3v) is 5.22. The van der Waals surface area contributed by atoms with Crippen molar-refractivity contribution in [2.45, 2.75) is 38.5 Å². The number of likely N-dealkylation sites (tertiary alicyclic amines) is 1. The fourth-order valence-corrected chi connectivity index (χ4v) is 3.96. The van der Waals surface area contributed by atoms with Gasteiger partial charge in [-0.1, -0.05) is 19.3 Å². The predicted octanol–water partition coefficient (Wildman–Crippen LogP) is 2.87. The molecule has 0 unspecified atom stereocenters. The minimum Gasteiger partial charge on any atom is -0.347 e. The van der Waals surface area contributed by atoms with Crippen LogP contribution in [-0.4, -0.2) is 48.4 Å². The summed E-state index contributed by atoms with van der Waals surface area (Å²) in [5, 5.41) is 6.03. The molecule has 0 aromatic carbocycles. The maximum atomic E-state index is 12.1. The molecule has 7 heteroatoms. The summed E-state index contributed by atoms with van der Waals surface area (Å²) in [6, 6.07) is 3.63. The van der Waals surface area contributed by atoms with Crippen LogP contribution >= 0.6 is 24.0 Å². The Kier molecular flexibility index (Phi) is 7.46. The van der Waals surface area contributed by atoms with Gasteiger partial charge in [0.2, 0.25) is 5.91 Å². The van der Waals surface area contributed by atoms with Crippen LogP contribution in [0.4, 0.5) is 5.69 Å². The van der Waals surface area contributed by atoms with Crippen molar-refractivity contribution in [2.24, 2.45) is 10.4 Å². The van der Waals surface area contributed by atoms with E-state index in [2.05, 4.69) is 25.5 Å². The molecule has 1 aromatic rings. The molecule has 1 saturated heterocycles. The molecular weight excluding hydrogens is 429 g/mol. The van der Waals surface area contributed by atoms with E-state index >= 15 is 0 Å². The minimum atomic E-state index is -0.0873. The van der Waals surface area contributed by atoms with Crippen molar-refractivity contribution in [1.29, 1.82) is 0 Å². The van der Waals surface area contributed by atoms with Crippen LogP contribution in [0.1, 0.15) is 38.5 Å². The number of anilines is 1. The lowest BCUT2D eigenvalue weighted by atomic mass is 9.73. The Morgan fingerprint density at radius 3 is 2.80 bits per heavy atom. The van der Waals surface area contributed by atoms with Gasteiger partial charge in [0.15, 0.2) is 5.96 Å². The lowest BCUT2D eigenvalue weighted by molar-refractivity contribution is -0.115. The number of pyridine rings is 1. The number of hydrogen-bond acceptors (Lipinski definition) is 3. The number of amides is 1. The molecule has 0 radical (unpaired) electrons. The summed E-state index contributed by atoms with van der Waals surface area (Å²) in [4.78, 5) is 22.7. The van der Waals surface area contributed by atoms with Crippen molar-refractivity contribution in [3.63, 3.8) is 0 Å². The molecule has 0 bridgehead atoms. The van der Waals surface area contributed by atoms with E-state index < -0.39 is 0 Å². The number of guanidine groups is 1. The van der Waals surface area contributed by atoms with E-state index in [1.807, 2.05) is 6.07 Å². The van der Waals surface area contributed by atoms with Crippen LogP contribution in [0.3, 0.4) is 0 Å². The summed E-state index contributed by atoms with van der Waals surface area (Å²) >= 11 is 0. The molecule has 2 fully saturated rings. The monoisotopic (exact) mass is 457 g/mol. The van der Waals surface area contributed by atoms with Crippen molar-refractivity contribution < 1.29 is 4.79 Å². The Hall–Kier alpha value is -1.38. The number of carbonyl (C=O) groups is 1. The zero-order chi connectivity index (χ0) is 16.8. The molecule has 2 aliphatic rings. The van der Waals surface area contributed by atoms with E-state index in [1.54, 1.807) is 25.5 Å². The van der Waals surface area contributed by atoms with E-state index in [0.29, 0.717) is 11.1 Å². The van der Waals surface area contributed by atoms with Crippen molar-refractivity contribution >= 4 is 41.5 Å². The normalized spacial score (nSPS) is 19.4. The van der Waals surface area contributed by atoms with Gasteiger partial charge in [-0.2, -0.15) is 0 Å². The van der Waals surface area contributed by atoms with E-state index in [9.17, 15) is 4.79 Å². The van der Waals surface area contributed by atoms with Gasteiger partial charge in [-0.05, 0) is 36.8 Å². The van der Waals surface area contributed by atoms with E-state index in [-0.39, 0.29) is 36.4 Å². The molecule has 1 saturated carbocycles. The molecule has 3 rings (SSSR count). The van der Waals surface area contributed by atoms with Crippen LogP contribution in [0.15, 0.2) is 29.5 Å². The molecule has 1 aromatic heterocycles. The Morgan fingerprint density at radius 2 is 2.12 bits per heavy atom. The predicted molar refractivity (Wildman–Crippen MR) is 111 cm³/mol. The first-order valence-electron chi connectivity index (χ1n) is 8.86. The number of nitrogens with one attached hydrogen (secondary N) is 2. The number of hydrogen-bond donors (Lipinski definition) is 2. The Balaban J connectivity index is 0.00000225. The van der Waals surface area contributed by atoms with Crippen LogP contribution in [0.2, 0.25) is 0 Å². The standard InChI is InChI=1S/C18H27N5O.HI/c1-19-17(21-13-16(24)22-15-6-5-10-20-12-15)23-11-9-18(14-23)7-3-2-4-8-18;/h5-6,10,12H,2-4,7-9,11,13-14H2,1H3,(H,19,21)(H,22,24);1H. The number of carbonyl (C=O) groups excluding carboxylic acids is 1. The highest BCUT2D eigenvalue weighted by molar-refractivity contribution is 14.0. The SMILES string of the molecule is CN=C(NCC(=O)Nc1cccnc1)N1CCC2(CCCCC2)C1.I. The molecule has 25 heavy (non-hydrogen) atoms. The van der Waals surface area contributed by atoms with Gasteiger partial charge in [-0.3, -0.25) is 14.8 Å². The van der Waals surface area contributed by atoms with Crippen molar-refractivity contribution in [3.8, 4) is 0 Å². The average molecular weight is 457 g/mol. The number of nitrogens with zero attached hydrogens (tertiary/aromatic N) is 3. The third kappa shape index (κ3) is 5.29.